The SMILES string of the molecule is COCCNc1cc(C(=O)Nc2cc(Cl)ccc2Cl)nc(C)n1. The van der Waals surface area contributed by atoms with Crippen molar-refractivity contribution < 1.29 is 9.53 Å². The lowest BCUT2D eigenvalue weighted by molar-refractivity contribution is 0.102. The van der Waals surface area contributed by atoms with Crippen LogP contribution in [0.15, 0.2) is 24.3 Å². The van der Waals surface area contributed by atoms with Gasteiger partial charge in [-0.1, -0.05) is 23.2 Å². The molecule has 0 saturated heterocycles. The van der Waals surface area contributed by atoms with E-state index in [0.717, 1.165) is 0 Å². The summed E-state index contributed by atoms with van der Waals surface area (Å²) in [6.45, 7) is 2.82. The van der Waals surface area contributed by atoms with Gasteiger partial charge in [0, 0.05) is 24.7 Å². The first-order valence-corrected chi connectivity index (χ1v) is 7.60. The number of nitrogens with zero attached hydrogens (tertiary/aromatic N) is 2. The Morgan fingerprint density at radius 1 is 1.26 bits per heavy atom. The molecule has 1 aromatic heterocycles. The van der Waals surface area contributed by atoms with E-state index in [1.165, 1.54) is 0 Å². The summed E-state index contributed by atoms with van der Waals surface area (Å²) in [6, 6.07) is 6.40. The van der Waals surface area contributed by atoms with Gasteiger partial charge >= 0.3 is 0 Å². The van der Waals surface area contributed by atoms with Crippen LogP contribution in [0.3, 0.4) is 0 Å². The van der Waals surface area contributed by atoms with Gasteiger partial charge in [-0.15, -0.1) is 0 Å². The van der Waals surface area contributed by atoms with Crippen LogP contribution >= 0.6 is 23.2 Å². The molecule has 23 heavy (non-hydrogen) atoms. The van der Waals surface area contributed by atoms with Crippen LogP contribution < -0.4 is 10.6 Å². The molecule has 0 spiro atoms. The fourth-order valence-corrected chi connectivity index (χ4v) is 2.17. The molecule has 2 aromatic rings. The molecule has 0 unspecified atom stereocenters. The van der Waals surface area contributed by atoms with E-state index in [-0.39, 0.29) is 5.69 Å². The molecule has 122 valence electrons. The third-order valence-electron chi connectivity index (χ3n) is 2.86. The van der Waals surface area contributed by atoms with E-state index in [0.29, 0.717) is 40.5 Å². The number of amides is 1. The highest BCUT2D eigenvalue weighted by atomic mass is 35.5. The summed E-state index contributed by atoms with van der Waals surface area (Å²) in [6.07, 6.45) is 0. The van der Waals surface area contributed by atoms with Gasteiger partial charge in [-0.05, 0) is 25.1 Å². The Kier molecular flexibility index (Phi) is 6.15. The summed E-state index contributed by atoms with van der Waals surface area (Å²) in [5, 5.41) is 6.63. The monoisotopic (exact) mass is 354 g/mol. The zero-order valence-electron chi connectivity index (χ0n) is 12.7. The smallest absolute Gasteiger partial charge is 0.274 e. The van der Waals surface area contributed by atoms with E-state index >= 15 is 0 Å². The first-order valence-electron chi connectivity index (χ1n) is 6.84. The summed E-state index contributed by atoms with van der Waals surface area (Å²) in [5.74, 6) is 0.640. The van der Waals surface area contributed by atoms with Gasteiger partial charge in [0.15, 0.2) is 0 Å². The second-order valence-corrected chi connectivity index (χ2v) is 5.53. The normalized spacial score (nSPS) is 10.4. The number of carbonyl (C=O) groups is 1. The van der Waals surface area contributed by atoms with Crippen LogP contribution in [0, 0.1) is 6.92 Å². The molecule has 2 rings (SSSR count). The van der Waals surface area contributed by atoms with E-state index in [9.17, 15) is 4.79 Å². The molecule has 0 saturated carbocycles. The summed E-state index contributed by atoms with van der Waals surface area (Å²) in [5.41, 5.74) is 0.655. The molecular formula is C15H16Cl2N4O2. The van der Waals surface area contributed by atoms with Crippen molar-refractivity contribution in [2.24, 2.45) is 0 Å². The maximum atomic E-state index is 12.4. The van der Waals surface area contributed by atoms with E-state index in [4.69, 9.17) is 27.9 Å². The van der Waals surface area contributed by atoms with Crippen molar-refractivity contribution in [1.29, 1.82) is 0 Å². The molecule has 2 N–H and O–H groups in total. The number of rotatable bonds is 6. The quantitative estimate of drug-likeness (QED) is 0.777. The highest BCUT2D eigenvalue weighted by molar-refractivity contribution is 6.35. The molecule has 0 aliphatic heterocycles. The number of anilines is 2. The second-order valence-electron chi connectivity index (χ2n) is 4.68. The van der Waals surface area contributed by atoms with Crippen molar-refractivity contribution >= 4 is 40.6 Å². The zero-order valence-corrected chi connectivity index (χ0v) is 14.2. The predicted molar refractivity (Wildman–Crippen MR) is 91.5 cm³/mol. The van der Waals surface area contributed by atoms with Gasteiger partial charge in [0.25, 0.3) is 5.91 Å². The van der Waals surface area contributed by atoms with Gasteiger partial charge in [0.2, 0.25) is 0 Å². The van der Waals surface area contributed by atoms with E-state index in [1.54, 1.807) is 38.3 Å². The van der Waals surface area contributed by atoms with Crippen LogP contribution in [-0.4, -0.2) is 36.1 Å². The summed E-state index contributed by atoms with van der Waals surface area (Å²) in [7, 11) is 1.61. The Labute approximate surface area is 144 Å². The lowest BCUT2D eigenvalue weighted by Crippen LogP contribution is -2.17. The van der Waals surface area contributed by atoms with Crippen molar-refractivity contribution in [2.45, 2.75) is 6.92 Å². The highest BCUT2D eigenvalue weighted by Crippen LogP contribution is 2.25. The maximum absolute atomic E-state index is 12.4. The molecule has 0 aliphatic rings. The van der Waals surface area contributed by atoms with Gasteiger partial charge < -0.3 is 15.4 Å². The topological polar surface area (TPSA) is 76.1 Å². The van der Waals surface area contributed by atoms with Crippen molar-refractivity contribution in [3.8, 4) is 0 Å². The van der Waals surface area contributed by atoms with Crippen LogP contribution in [0.4, 0.5) is 11.5 Å². The fraction of sp³-hybridized carbons (Fsp3) is 0.267. The molecule has 0 atom stereocenters. The molecule has 0 radical (unpaired) electrons. The Morgan fingerprint density at radius 3 is 2.78 bits per heavy atom. The summed E-state index contributed by atoms with van der Waals surface area (Å²) in [4.78, 5) is 20.7. The number of hydrogen-bond donors (Lipinski definition) is 2. The van der Waals surface area contributed by atoms with Crippen LogP contribution in [0.25, 0.3) is 0 Å². The Morgan fingerprint density at radius 2 is 2.04 bits per heavy atom. The number of nitrogens with one attached hydrogen (secondary N) is 2. The van der Waals surface area contributed by atoms with Crippen molar-refractivity contribution in [2.75, 3.05) is 30.9 Å². The Bertz CT molecular complexity index is 710. The number of carbonyl (C=O) groups excluding carboxylic acids is 1. The van der Waals surface area contributed by atoms with Gasteiger partial charge in [-0.25, -0.2) is 9.97 Å². The van der Waals surface area contributed by atoms with Crippen LogP contribution in [-0.2, 0) is 4.74 Å². The number of aryl methyl sites for hydroxylation is 1. The molecular weight excluding hydrogens is 339 g/mol. The third kappa shape index (κ3) is 5.06. The largest absolute Gasteiger partial charge is 0.383 e. The molecule has 1 heterocycles. The van der Waals surface area contributed by atoms with Gasteiger partial charge in [0.05, 0.1) is 17.3 Å². The Hall–Kier alpha value is -1.89. The average Bonchev–Trinajstić information content (AvgIpc) is 2.50. The summed E-state index contributed by atoms with van der Waals surface area (Å²) >= 11 is 12.0. The Balaban J connectivity index is 2.16. The first-order chi connectivity index (χ1) is 11.0. The molecule has 0 fully saturated rings. The van der Waals surface area contributed by atoms with Gasteiger partial charge in [-0.2, -0.15) is 0 Å². The molecule has 0 bridgehead atoms. The van der Waals surface area contributed by atoms with E-state index < -0.39 is 5.91 Å². The minimum absolute atomic E-state index is 0.230. The average molecular weight is 355 g/mol. The predicted octanol–water partition coefficient (Wildman–Crippen LogP) is 3.40. The number of ether oxygens (including phenoxy) is 1. The maximum Gasteiger partial charge on any atom is 0.274 e. The number of methoxy groups -OCH3 is 1. The first kappa shape index (κ1) is 17.5. The number of halogens is 2. The number of hydrogen-bond acceptors (Lipinski definition) is 5. The zero-order chi connectivity index (χ0) is 16.8. The van der Waals surface area contributed by atoms with Gasteiger partial charge in [0.1, 0.15) is 17.3 Å². The van der Waals surface area contributed by atoms with Crippen LogP contribution in [0.5, 0.6) is 0 Å². The fourth-order valence-electron chi connectivity index (χ4n) is 1.84. The van der Waals surface area contributed by atoms with E-state index in [2.05, 4.69) is 20.6 Å². The lowest BCUT2D eigenvalue weighted by Gasteiger charge is -2.10. The second kappa shape index (κ2) is 8.10. The van der Waals surface area contributed by atoms with Crippen molar-refractivity contribution in [3.63, 3.8) is 0 Å². The third-order valence-corrected chi connectivity index (χ3v) is 3.42. The number of aromatic nitrogens is 2. The molecule has 0 aliphatic carbocycles. The number of benzene rings is 1. The van der Waals surface area contributed by atoms with Crippen molar-refractivity contribution in [3.05, 3.63) is 45.8 Å². The summed E-state index contributed by atoms with van der Waals surface area (Å²) < 4.78 is 4.96. The molecule has 1 aromatic carbocycles. The van der Waals surface area contributed by atoms with Crippen LogP contribution in [0.1, 0.15) is 16.3 Å². The standard InChI is InChI=1S/C15H16Cl2N4O2/c1-9-19-13(8-14(20-9)18-5-6-23-2)15(22)21-12-7-10(16)3-4-11(12)17/h3-4,7-8H,5-6H2,1-2H3,(H,21,22)(H,18,19,20). The highest BCUT2D eigenvalue weighted by Gasteiger charge is 2.13. The minimum atomic E-state index is -0.394. The molecule has 6 nitrogen and oxygen atoms in total. The minimum Gasteiger partial charge on any atom is -0.383 e. The lowest BCUT2D eigenvalue weighted by atomic mass is 10.3. The van der Waals surface area contributed by atoms with Crippen molar-refractivity contribution in [1.82, 2.24) is 9.97 Å². The molecule has 1 amide bonds. The van der Waals surface area contributed by atoms with Crippen LogP contribution in [0.2, 0.25) is 10.0 Å². The van der Waals surface area contributed by atoms with E-state index in [1.807, 2.05) is 0 Å². The van der Waals surface area contributed by atoms with Gasteiger partial charge in [-0.3, -0.25) is 4.79 Å². The molecule has 8 heteroatoms.